The van der Waals surface area contributed by atoms with E-state index in [4.69, 9.17) is 0 Å². The molecular formula is C10H16N2OS. The Kier molecular flexibility index (Phi) is 4.62. The van der Waals surface area contributed by atoms with Gasteiger partial charge in [0.2, 0.25) is 5.91 Å². The third kappa shape index (κ3) is 3.47. The minimum atomic E-state index is 0.103. The quantitative estimate of drug-likeness (QED) is 0.733. The van der Waals surface area contributed by atoms with Crippen LogP contribution in [0.25, 0.3) is 0 Å². The Morgan fingerprint density at radius 1 is 1.57 bits per heavy atom. The summed E-state index contributed by atoms with van der Waals surface area (Å²) in [6.07, 6.45) is 1.46. The minimum Gasteiger partial charge on any atom is -0.320 e. The van der Waals surface area contributed by atoms with Gasteiger partial charge in [0, 0.05) is 6.42 Å². The minimum absolute atomic E-state index is 0.103. The van der Waals surface area contributed by atoms with Crippen LogP contribution in [0.2, 0.25) is 0 Å². The number of aryl methyl sites for hydroxylation is 1. The second-order valence-corrected chi connectivity index (χ2v) is 4.10. The molecule has 0 bridgehead atoms. The van der Waals surface area contributed by atoms with Crippen LogP contribution in [0, 0.1) is 6.92 Å². The van der Waals surface area contributed by atoms with Gasteiger partial charge in [-0.15, -0.1) is 11.3 Å². The first-order valence-electron chi connectivity index (χ1n) is 4.72. The molecule has 0 radical (unpaired) electrons. The molecule has 0 fully saturated rings. The average Bonchev–Trinajstić information content (AvgIpc) is 2.52. The summed E-state index contributed by atoms with van der Waals surface area (Å²) in [5, 5.41) is 8.87. The second-order valence-electron chi connectivity index (χ2n) is 3.19. The Labute approximate surface area is 88.5 Å². The molecular weight excluding hydrogens is 196 g/mol. The highest BCUT2D eigenvalue weighted by molar-refractivity contribution is 7.14. The fraction of sp³-hybridized carbons (Fsp3) is 0.500. The normalized spacial score (nSPS) is 10.1. The SMILES string of the molecule is CNCCCC(=O)Nc1sccc1C. The van der Waals surface area contributed by atoms with Crippen molar-refractivity contribution in [2.24, 2.45) is 0 Å². The van der Waals surface area contributed by atoms with Crippen LogP contribution < -0.4 is 10.6 Å². The van der Waals surface area contributed by atoms with Gasteiger partial charge < -0.3 is 10.6 Å². The molecule has 0 saturated carbocycles. The molecule has 1 amide bonds. The zero-order valence-electron chi connectivity index (χ0n) is 8.59. The molecule has 78 valence electrons. The summed E-state index contributed by atoms with van der Waals surface area (Å²) >= 11 is 1.57. The van der Waals surface area contributed by atoms with E-state index in [9.17, 15) is 4.79 Å². The van der Waals surface area contributed by atoms with E-state index in [2.05, 4.69) is 10.6 Å². The Balaban J connectivity index is 2.31. The van der Waals surface area contributed by atoms with Gasteiger partial charge in [0.1, 0.15) is 0 Å². The lowest BCUT2D eigenvalue weighted by Gasteiger charge is -2.03. The van der Waals surface area contributed by atoms with Gasteiger partial charge in [-0.2, -0.15) is 0 Å². The number of anilines is 1. The highest BCUT2D eigenvalue weighted by Crippen LogP contribution is 2.21. The highest BCUT2D eigenvalue weighted by Gasteiger charge is 2.04. The average molecular weight is 212 g/mol. The molecule has 0 unspecified atom stereocenters. The van der Waals surface area contributed by atoms with Crippen molar-refractivity contribution in [1.29, 1.82) is 0 Å². The van der Waals surface area contributed by atoms with E-state index in [1.54, 1.807) is 11.3 Å². The summed E-state index contributed by atoms with van der Waals surface area (Å²) in [6.45, 7) is 2.89. The summed E-state index contributed by atoms with van der Waals surface area (Å²) in [7, 11) is 1.89. The van der Waals surface area contributed by atoms with Crippen LogP contribution in [0.3, 0.4) is 0 Å². The molecule has 0 atom stereocenters. The highest BCUT2D eigenvalue weighted by atomic mass is 32.1. The van der Waals surface area contributed by atoms with Gasteiger partial charge in [0.25, 0.3) is 0 Å². The third-order valence-corrected chi connectivity index (χ3v) is 2.88. The first-order chi connectivity index (χ1) is 6.74. The van der Waals surface area contributed by atoms with Gasteiger partial charge >= 0.3 is 0 Å². The molecule has 3 nitrogen and oxygen atoms in total. The van der Waals surface area contributed by atoms with Crippen LogP contribution in [0.4, 0.5) is 5.00 Å². The molecule has 0 aliphatic rings. The van der Waals surface area contributed by atoms with Gasteiger partial charge in [-0.05, 0) is 43.9 Å². The zero-order chi connectivity index (χ0) is 10.4. The van der Waals surface area contributed by atoms with Crippen molar-refractivity contribution in [3.63, 3.8) is 0 Å². The molecule has 4 heteroatoms. The first kappa shape index (κ1) is 11.2. The number of rotatable bonds is 5. The maximum atomic E-state index is 11.4. The van der Waals surface area contributed by atoms with Crippen molar-refractivity contribution in [2.45, 2.75) is 19.8 Å². The largest absolute Gasteiger partial charge is 0.320 e. The number of nitrogens with one attached hydrogen (secondary N) is 2. The molecule has 1 heterocycles. The Morgan fingerprint density at radius 2 is 2.36 bits per heavy atom. The number of hydrogen-bond donors (Lipinski definition) is 2. The van der Waals surface area contributed by atoms with E-state index < -0.39 is 0 Å². The van der Waals surface area contributed by atoms with Gasteiger partial charge in [-0.1, -0.05) is 0 Å². The topological polar surface area (TPSA) is 41.1 Å². The molecule has 0 spiro atoms. The predicted octanol–water partition coefficient (Wildman–Crippen LogP) is 1.99. The smallest absolute Gasteiger partial charge is 0.225 e. The van der Waals surface area contributed by atoms with Crippen LogP contribution >= 0.6 is 11.3 Å². The maximum Gasteiger partial charge on any atom is 0.225 e. The number of amides is 1. The molecule has 2 N–H and O–H groups in total. The molecule has 1 aromatic rings. The van der Waals surface area contributed by atoms with Crippen molar-refractivity contribution < 1.29 is 4.79 Å². The van der Waals surface area contributed by atoms with E-state index in [1.165, 1.54) is 0 Å². The number of carbonyl (C=O) groups excluding carboxylic acids is 1. The molecule has 0 aliphatic heterocycles. The monoisotopic (exact) mass is 212 g/mol. The maximum absolute atomic E-state index is 11.4. The molecule has 0 aromatic carbocycles. The predicted molar refractivity (Wildman–Crippen MR) is 60.8 cm³/mol. The fourth-order valence-electron chi connectivity index (χ4n) is 1.12. The van der Waals surface area contributed by atoms with Crippen LogP contribution in [0.15, 0.2) is 11.4 Å². The number of thiophene rings is 1. The Bertz CT molecular complexity index is 296. The zero-order valence-corrected chi connectivity index (χ0v) is 9.41. The van der Waals surface area contributed by atoms with Gasteiger partial charge in [-0.25, -0.2) is 0 Å². The lowest BCUT2D eigenvalue weighted by molar-refractivity contribution is -0.116. The van der Waals surface area contributed by atoms with Crippen LogP contribution in [-0.2, 0) is 4.79 Å². The van der Waals surface area contributed by atoms with Crippen molar-refractivity contribution in [3.05, 3.63) is 17.0 Å². The summed E-state index contributed by atoms with van der Waals surface area (Å²) < 4.78 is 0. The lowest BCUT2D eigenvalue weighted by atomic mass is 10.3. The van der Waals surface area contributed by atoms with E-state index in [0.717, 1.165) is 23.5 Å². The Morgan fingerprint density at radius 3 is 2.93 bits per heavy atom. The van der Waals surface area contributed by atoms with E-state index in [1.807, 2.05) is 25.4 Å². The molecule has 14 heavy (non-hydrogen) atoms. The van der Waals surface area contributed by atoms with E-state index in [0.29, 0.717) is 6.42 Å². The molecule has 1 aromatic heterocycles. The van der Waals surface area contributed by atoms with Crippen molar-refractivity contribution in [3.8, 4) is 0 Å². The molecule has 1 rings (SSSR count). The van der Waals surface area contributed by atoms with Crippen LogP contribution in [0.5, 0.6) is 0 Å². The summed E-state index contributed by atoms with van der Waals surface area (Å²) in [5.74, 6) is 0.103. The summed E-state index contributed by atoms with van der Waals surface area (Å²) in [5.41, 5.74) is 1.14. The number of hydrogen-bond acceptors (Lipinski definition) is 3. The lowest BCUT2D eigenvalue weighted by Crippen LogP contribution is -2.14. The number of carbonyl (C=O) groups is 1. The van der Waals surface area contributed by atoms with Crippen LogP contribution in [-0.4, -0.2) is 19.5 Å². The van der Waals surface area contributed by atoms with E-state index in [-0.39, 0.29) is 5.91 Å². The van der Waals surface area contributed by atoms with Crippen LogP contribution in [0.1, 0.15) is 18.4 Å². The van der Waals surface area contributed by atoms with Gasteiger partial charge in [0.15, 0.2) is 0 Å². The first-order valence-corrected chi connectivity index (χ1v) is 5.60. The van der Waals surface area contributed by atoms with Crippen molar-refractivity contribution in [2.75, 3.05) is 18.9 Å². The molecule has 0 saturated heterocycles. The van der Waals surface area contributed by atoms with Crippen molar-refractivity contribution >= 4 is 22.2 Å². The standard InChI is InChI=1S/C10H16N2OS/c1-8-5-7-14-10(8)12-9(13)4-3-6-11-2/h5,7,11H,3-4,6H2,1-2H3,(H,12,13). The van der Waals surface area contributed by atoms with Crippen molar-refractivity contribution in [1.82, 2.24) is 5.32 Å². The van der Waals surface area contributed by atoms with Gasteiger partial charge in [-0.3, -0.25) is 4.79 Å². The Hall–Kier alpha value is -0.870. The van der Waals surface area contributed by atoms with E-state index >= 15 is 0 Å². The summed E-state index contributed by atoms with van der Waals surface area (Å²) in [6, 6.07) is 2.01. The molecule has 0 aliphatic carbocycles. The fourth-order valence-corrected chi connectivity index (χ4v) is 1.95. The van der Waals surface area contributed by atoms with Gasteiger partial charge in [0.05, 0.1) is 5.00 Å². The summed E-state index contributed by atoms with van der Waals surface area (Å²) in [4.78, 5) is 11.4. The second kappa shape index (κ2) is 5.78. The third-order valence-electron chi connectivity index (χ3n) is 1.95.